The van der Waals surface area contributed by atoms with Crippen molar-refractivity contribution in [1.82, 2.24) is 4.98 Å². The largest absolute Gasteiger partial charge is 0.487 e. The summed E-state index contributed by atoms with van der Waals surface area (Å²) in [7, 11) is 0. The summed E-state index contributed by atoms with van der Waals surface area (Å²) in [6.45, 7) is 0.438. The second-order valence-corrected chi connectivity index (χ2v) is 4.56. The van der Waals surface area contributed by atoms with Crippen molar-refractivity contribution in [2.75, 3.05) is 0 Å². The van der Waals surface area contributed by atoms with Gasteiger partial charge in [-0.3, -0.25) is 0 Å². The highest BCUT2D eigenvalue weighted by Gasteiger charge is 2.05. The van der Waals surface area contributed by atoms with Crippen molar-refractivity contribution in [3.05, 3.63) is 71.9 Å². The first-order valence-electron chi connectivity index (χ1n) is 6.53. The van der Waals surface area contributed by atoms with Crippen molar-refractivity contribution < 1.29 is 9.84 Å². The maximum absolute atomic E-state index is 9.19. The molecule has 2 aromatic carbocycles. The van der Waals surface area contributed by atoms with Gasteiger partial charge in [-0.15, -0.1) is 0 Å². The Kier molecular flexibility index (Phi) is 3.61. The molecule has 20 heavy (non-hydrogen) atoms. The van der Waals surface area contributed by atoms with Gasteiger partial charge < -0.3 is 9.84 Å². The fourth-order valence-corrected chi connectivity index (χ4v) is 2.10. The van der Waals surface area contributed by atoms with Crippen LogP contribution in [-0.4, -0.2) is 10.1 Å². The van der Waals surface area contributed by atoms with Crippen LogP contribution in [0.2, 0.25) is 0 Å². The predicted octanol–water partition coefficient (Wildman–Crippen LogP) is 3.31. The van der Waals surface area contributed by atoms with Crippen LogP contribution in [0.3, 0.4) is 0 Å². The Labute approximate surface area is 117 Å². The van der Waals surface area contributed by atoms with Gasteiger partial charge in [0.2, 0.25) is 0 Å². The molecule has 1 heterocycles. The van der Waals surface area contributed by atoms with E-state index in [1.807, 2.05) is 60.7 Å². The second kappa shape index (κ2) is 5.72. The van der Waals surface area contributed by atoms with E-state index in [2.05, 4.69) is 4.98 Å². The van der Waals surface area contributed by atoms with Gasteiger partial charge >= 0.3 is 0 Å². The SMILES string of the molecule is OCc1ccc2cccc(OCc3ccccc3)c2n1. The zero-order valence-corrected chi connectivity index (χ0v) is 11.0. The average Bonchev–Trinajstić information content (AvgIpc) is 2.53. The van der Waals surface area contributed by atoms with Crippen LogP contribution < -0.4 is 4.74 Å². The number of para-hydroxylation sites is 1. The van der Waals surface area contributed by atoms with Gasteiger partial charge in [-0.2, -0.15) is 0 Å². The Morgan fingerprint density at radius 2 is 1.75 bits per heavy atom. The number of aliphatic hydroxyl groups excluding tert-OH is 1. The lowest BCUT2D eigenvalue weighted by Gasteiger charge is -2.09. The van der Waals surface area contributed by atoms with E-state index in [4.69, 9.17) is 4.74 Å². The van der Waals surface area contributed by atoms with Crippen LogP contribution in [0.5, 0.6) is 5.75 Å². The summed E-state index contributed by atoms with van der Waals surface area (Å²) in [5.41, 5.74) is 2.55. The number of pyridine rings is 1. The van der Waals surface area contributed by atoms with Crippen LogP contribution in [0.15, 0.2) is 60.7 Å². The van der Waals surface area contributed by atoms with E-state index in [0.717, 1.165) is 22.2 Å². The van der Waals surface area contributed by atoms with Crippen molar-refractivity contribution in [2.24, 2.45) is 0 Å². The highest BCUT2D eigenvalue weighted by Crippen LogP contribution is 2.24. The number of aromatic nitrogens is 1. The van der Waals surface area contributed by atoms with Crippen molar-refractivity contribution in [2.45, 2.75) is 13.2 Å². The Bertz CT molecular complexity index is 711. The molecule has 3 heteroatoms. The highest BCUT2D eigenvalue weighted by atomic mass is 16.5. The third kappa shape index (κ3) is 2.63. The van der Waals surface area contributed by atoms with E-state index in [-0.39, 0.29) is 6.61 Å². The molecule has 1 N–H and O–H groups in total. The molecule has 0 fully saturated rings. The first kappa shape index (κ1) is 12.6. The Morgan fingerprint density at radius 1 is 0.900 bits per heavy atom. The highest BCUT2D eigenvalue weighted by molar-refractivity contribution is 5.84. The molecule has 0 aliphatic heterocycles. The van der Waals surface area contributed by atoms with Crippen LogP contribution >= 0.6 is 0 Å². The van der Waals surface area contributed by atoms with Crippen molar-refractivity contribution in [3.63, 3.8) is 0 Å². The molecular weight excluding hydrogens is 250 g/mol. The van der Waals surface area contributed by atoms with Crippen molar-refractivity contribution in [3.8, 4) is 5.75 Å². The smallest absolute Gasteiger partial charge is 0.146 e. The van der Waals surface area contributed by atoms with Crippen LogP contribution in [0.25, 0.3) is 10.9 Å². The number of nitrogens with zero attached hydrogens (tertiary/aromatic N) is 1. The fourth-order valence-electron chi connectivity index (χ4n) is 2.10. The van der Waals surface area contributed by atoms with Crippen molar-refractivity contribution >= 4 is 10.9 Å². The number of hydrogen-bond acceptors (Lipinski definition) is 3. The van der Waals surface area contributed by atoms with Crippen LogP contribution in [-0.2, 0) is 13.2 Å². The Morgan fingerprint density at radius 3 is 2.55 bits per heavy atom. The van der Waals surface area contributed by atoms with Crippen LogP contribution in [0, 0.1) is 0 Å². The molecule has 3 nitrogen and oxygen atoms in total. The second-order valence-electron chi connectivity index (χ2n) is 4.56. The van der Waals surface area contributed by atoms with Gasteiger partial charge in [0.15, 0.2) is 0 Å². The molecule has 0 spiro atoms. The molecule has 0 aliphatic carbocycles. The standard InChI is InChI=1S/C17H15NO2/c19-11-15-10-9-14-7-4-8-16(17(14)18-15)20-12-13-5-2-1-3-6-13/h1-10,19H,11-12H2. The fraction of sp³-hybridized carbons (Fsp3) is 0.118. The first-order chi connectivity index (χ1) is 9.86. The molecule has 0 saturated carbocycles. The van der Waals surface area contributed by atoms with E-state index in [1.165, 1.54) is 0 Å². The molecule has 0 saturated heterocycles. The van der Waals surface area contributed by atoms with Crippen LogP contribution in [0.1, 0.15) is 11.3 Å². The van der Waals surface area contributed by atoms with Gasteiger partial charge in [-0.05, 0) is 17.7 Å². The molecule has 0 atom stereocenters. The average molecular weight is 265 g/mol. The van der Waals surface area contributed by atoms with Gasteiger partial charge in [0.05, 0.1) is 12.3 Å². The quantitative estimate of drug-likeness (QED) is 0.787. The molecule has 3 aromatic rings. The molecule has 0 bridgehead atoms. The molecule has 3 rings (SSSR count). The summed E-state index contributed by atoms with van der Waals surface area (Å²) < 4.78 is 5.86. The minimum absolute atomic E-state index is 0.0665. The zero-order chi connectivity index (χ0) is 13.8. The summed E-state index contributed by atoms with van der Waals surface area (Å²) in [5.74, 6) is 0.738. The number of fused-ring (bicyclic) bond motifs is 1. The van der Waals surface area contributed by atoms with Crippen molar-refractivity contribution in [1.29, 1.82) is 0 Å². The molecular formula is C17H15NO2. The molecule has 0 amide bonds. The summed E-state index contributed by atoms with van der Waals surface area (Å²) in [6, 6.07) is 19.6. The molecule has 0 radical (unpaired) electrons. The number of hydrogen-bond donors (Lipinski definition) is 1. The van der Waals surface area contributed by atoms with E-state index >= 15 is 0 Å². The topological polar surface area (TPSA) is 42.4 Å². The predicted molar refractivity (Wildman–Crippen MR) is 78.4 cm³/mol. The van der Waals surface area contributed by atoms with E-state index in [9.17, 15) is 5.11 Å². The lowest BCUT2D eigenvalue weighted by atomic mass is 10.2. The minimum Gasteiger partial charge on any atom is -0.487 e. The summed E-state index contributed by atoms with van der Waals surface area (Å²) >= 11 is 0. The lowest BCUT2D eigenvalue weighted by Crippen LogP contribution is -1.97. The normalized spacial score (nSPS) is 10.7. The summed E-state index contributed by atoms with van der Waals surface area (Å²) in [5, 5.41) is 10.2. The van der Waals surface area contributed by atoms with Gasteiger partial charge in [0.25, 0.3) is 0 Å². The van der Waals surface area contributed by atoms with Crippen LogP contribution in [0.4, 0.5) is 0 Å². The number of ether oxygens (including phenoxy) is 1. The summed E-state index contributed by atoms with van der Waals surface area (Å²) in [4.78, 5) is 4.43. The van der Waals surface area contributed by atoms with Gasteiger partial charge in [-0.25, -0.2) is 4.98 Å². The van der Waals surface area contributed by atoms with Gasteiger partial charge in [0, 0.05) is 5.39 Å². The van der Waals surface area contributed by atoms with Gasteiger partial charge in [-0.1, -0.05) is 48.5 Å². The maximum Gasteiger partial charge on any atom is 0.146 e. The Hall–Kier alpha value is -2.39. The maximum atomic E-state index is 9.19. The van der Waals surface area contributed by atoms with Gasteiger partial charge in [0.1, 0.15) is 17.9 Å². The third-order valence-corrected chi connectivity index (χ3v) is 3.14. The van der Waals surface area contributed by atoms with E-state index in [1.54, 1.807) is 0 Å². The third-order valence-electron chi connectivity index (χ3n) is 3.14. The molecule has 0 unspecified atom stereocenters. The van der Waals surface area contributed by atoms with E-state index in [0.29, 0.717) is 12.3 Å². The monoisotopic (exact) mass is 265 g/mol. The number of rotatable bonds is 4. The zero-order valence-electron chi connectivity index (χ0n) is 11.0. The first-order valence-corrected chi connectivity index (χ1v) is 6.53. The minimum atomic E-state index is -0.0665. The number of benzene rings is 2. The summed E-state index contributed by atoms with van der Waals surface area (Å²) in [6.07, 6.45) is 0. The molecule has 1 aromatic heterocycles. The molecule has 100 valence electrons. The Balaban J connectivity index is 1.90. The van der Waals surface area contributed by atoms with E-state index < -0.39 is 0 Å². The number of aliphatic hydroxyl groups is 1. The lowest BCUT2D eigenvalue weighted by molar-refractivity contribution is 0.277. The molecule has 0 aliphatic rings.